The third-order valence-electron chi connectivity index (χ3n) is 4.49. The molecule has 0 aromatic carbocycles. The van der Waals surface area contributed by atoms with Crippen molar-refractivity contribution >= 4 is 0 Å². The molecule has 0 aliphatic rings. The fraction of sp³-hybridized carbons (Fsp3) is 0.905. The molecule has 0 amide bonds. The lowest BCUT2D eigenvalue weighted by Crippen LogP contribution is -2.45. The summed E-state index contributed by atoms with van der Waals surface area (Å²) in [6, 6.07) is 0. The monoisotopic (exact) mass is 342 g/mol. The van der Waals surface area contributed by atoms with Crippen molar-refractivity contribution in [2.75, 3.05) is 20.3 Å². The van der Waals surface area contributed by atoms with Crippen molar-refractivity contribution in [1.29, 1.82) is 0 Å². The number of hydrogen-bond acceptors (Lipinski definition) is 3. The molecule has 0 aromatic heterocycles. The Balaban J connectivity index is 4.60. The molecule has 0 N–H and O–H groups in total. The van der Waals surface area contributed by atoms with Crippen LogP contribution in [0.2, 0.25) is 0 Å². The molecule has 3 nitrogen and oxygen atoms in total. The normalized spacial score (nSPS) is 13.2. The van der Waals surface area contributed by atoms with Gasteiger partial charge in [0.1, 0.15) is 0 Å². The average molecular weight is 343 g/mol. The van der Waals surface area contributed by atoms with Gasteiger partial charge in [0, 0.05) is 7.11 Å². The highest BCUT2D eigenvalue weighted by molar-refractivity contribution is 4.87. The lowest BCUT2D eigenvalue weighted by Gasteiger charge is -2.37. The van der Waals surface area contributed by atoms with Crippen LogP contribution in [0.3, 0.4) is 0 Å². The quantitative estimate of drug-likeness (QED) is 0.162. The molecular weight excluding hydrogens is 300 g/mol. The van der Waals surface area contributed by atoms with E-state index in [9.17, 15) is 0 Å². The predicted octanol–water partition coefficient (Wildman–Crippen LogP) is 6.47. The van der Waals surface area contributed by atoms with Crippen LogP contribution >= 0.6 is 0 Å². The summed E-state index contributed by atoms with van der Waals surface area (Å²) in [4.78, 5) is 0. The van der Waals surface area contributed by atoms with Gasteiger partial charge in [-0.15, -0.1) is 6.58 Å². The molecule has 0 rings (SSSR count). The van der Waals surface area contributed by atoms with Gasteiger partial charge in [-0.3, -0.25) is 0 Å². The SMILES string of the molecule is C=CC(CCCCCCCC)C(OC)(OCCCC)OCCCC. The maximum Gasteiger partial charge on any atom is 0.289 e. The maximum absolute atomic E-state index is 6.10. The zero-order valence-electron chi connectivity index (χ0n) is 16.8. The summed E-state index contributed by atoms with van der Waals surface area (Å²) in [7, 11) is 1.69. The van der Waals surface area contributed by atoms with E-state index in [0.29, 0.717) is 13.2 Å². The third-order valence-corrected chi connectivity index (χ3v) is 4.49. The van der Waals surface area contributed by atoms with Crippen LogP contribution < -0.4 is 0 Å². The lowest BCUT2D eigenvalue weighted by atomic mass is 9.97. The third kappa shape index (κ3) is 9.80. The van der Waals surface area contributed by atoms with Crippen molar-refractivity contribution in [3.63, 3.8) is 0 Å². The standard InChI is InChI=1S/C21H42O3/c1-6-10-13-14-15-16-17-20(9-4)21(22-5,23-18-11-7-2)24-19-12-8-3/h9,20H,4,6-8,10-19H2,1-3,5H3. The molecule has 0 aliphatic carbocycles. The number of unbranched alkanes of at least 4 members (excludes halogenated alkanes) is 7. The average Bonchev–Trinajstić information content (AvgIpc) is 2.60. The van der Waals surface area contributed by atoms with Gasteiger partial charge in [-0.1, -0.05) is 78.2 Å². The Bertz CT molecular complexity index is 268. The van der Waals surface area contributed by atoms with Crippen LogP contribution in [-0.4, -0.2) is 26.3 Å². The second kappa shape index (κ2) is 16.1. The van der Waals surface area contributed by atoms with E-state index in [2.05, 4.69) is 27.4 Å². The zero-order valence-corrected chi connectivity index (χ0v) is 16.8. The Kier molecular flexibility index (Phi) is 15.9. The minimum absolute atomic E-state index is 0.0717. The van der Waals surface area contributed by atoms with Gasteiger partial charge >= 0.3 is 0 Å². The van der Waals surface area contributed by atoms with Crippen LogP contribution in [0.15, 0.2) is 12.7 Å². The van der Waals surface area contributed by atoms with Gasteiger partial charge in [0.2, 0.25) is 0 Å². The summed E-state index contributed by atoms with van der Waals surface area (Å²) in [6.45, 7) is 11.9. The van der Waals surface area contributed by atoms with Crippen LogP contribution in [0, 0.1) is 5.92 Å². The molecule has 0 bridgehead atoms. The summed E-state index contributed by atoms with van der Waals surface area (Å²) < 4.78 is 18.0. The minimum Gasteiger partial charge on any atom is -0.330 e. The van der Waals surface area contributed by atoms with Crippen LogP contribution in [0.4, 0.5) is 0 Å². The van der Waals surface area contributed by atoms with E-state index in [0.717, 1.165) is 32.1 Å². The maximum atomic E-state index is 6.10. The molecule has 0 heterocycles. The second-order valence-electron chi connectivity index (χ2n) is 6.61. The molecule has 144 valence electrons. The van der Waals surface area contributed by atoms with E-state index >= 15 is 0 Å². The topological polar surface area (TPSA) is 27.7 Å². The highest BCUT2D eigenvalue weighted by Crippen LogP contribution is 2.31. The number of rotatable bonds is 18. The molecule has 0 spiro atoms. The van der Waals surface area contributed by atoms with E-state index < -0.39 is 5.97 Å². The van der Waals surface area contributed by atoms with Crippen LogP contribution in [0.25, 0.3) is 0 Å². The van der Waals surface area contributed by atoms with E-state index in [1.807, 2.05) is 6.08 Å². The zero-order chi connectivity index (χ0) is 18.1. The Morgan fingerprint density at radius 3 is 1.75 bits per heavy atom. The van der Waals surface area contributed by atoms with E-state index in [4.69, 9.17) is 14.2 Å². The molecule has 0 saturated carbocycles. The van der Waals surface area contributed by atoms with Crippen LogP contribution in [-0.2, 0) is 14.2 Å². The first-order chi connectivity index (χ1) is 11.7. The molecule has 0 aromatic rings. The van der Waals surface area contributed by atoms with Gasteiger partial charge in [-0.25, -0.2) is 0 Å². The molecule has 0 saturated heterocycles. The largest absolute Gasteiger partial charge is 0.330 e. The smallest absolute Gasteiger partial charge is 0.289 e. The van der Waals surface area contributed by atoms with Crippen molar-refractivity contribution in [1.82, 2.24) is 0 Å². The fourth-order valence-corrected chi connectivity index (χ4v) is 2.83. The number of methoxy groups -OCH3 is 1. The van der Waals surface area contributed by atoms with Crippen molar-refractivity contribution in [3.05, 3.63) is 12.7 Å². The van der Waals surface area contributed by atoms with Crippen molar-refractivity contribution in [2.24, 2.45) is 5.92 Å². The highest BCUT2D eigenvalue weighted by Gasteiger charge is 2.39. The highest BCUT2D eigenvalue weighted by atomic mass is 16.9. The van der Waals surface area contributed by atoms with Gasteiger partial charge in [0.25, 0.3) is 5.97 Å². The van der Waals surface area contributed by atoms with Gasteiger partial charge in [0.15, 0.2) is 0 Å². The first-order valence-electron chi connectivity index (χ1n) is 10.2. The summed E-state index contributed by atoms with van der Waals surface area (Å²) in [5.74, 6) is -0.891. The predicted molar refractivity (Wildman–Crippen MR) is 103 cm³/mol. The van der Waals surface area contributed by atoms with Gasteiger partial charge in [-0.2, -0.15) is 0 Å². The van der Waals surface area contributed by atoms with Gasteiger partial charge in [-0.05, 0) is 19.3 Å². The van der Waals surface area contributed by atoms with Crippen molar-refractivity contribution in [2.45, 2.75) is 97.4 Å². The van der Waals surface area contributed by atoms with Crippen molar-refractivity contribution in [3.8, 4) is 0 Å². The molecular formula is C21H42O3. The molecule has 0 fully saturated rings. The molecule has 0 aliphatic heterocycles. The van der Waals surface area contributed by atoms with Crippen LogP contribution in [0.5, 0.6) is 0 Å². The van der Waals surface area contributed by atoms with Gasteiger partial charge < -0.3 is 14.2 Å². The Hall–Kier alpha value is -0.380. The molecule has 0 radical (unpaired) electrons. The molecule has 3 heteroatoms. The van der Waals surface area contributed by atoms with E-state index in [-0.39, 0.29) is 5.92 Å². The first kappa shape index (κ1) is 23.6. The first-order valence-corrected chi connectivity index (χ1v) is 10.2. The van der Waals surface area contributed by atoms with E-state index in [1.165, 1.54) is 38.5 Å². The Labute approximate surface area is 151 Å². The summed E-state index contributed by atoms with van der Waals surface area (Å²) in [6.07, 6.45) is 14.9. The Morgan fingerprint density at radius 1 is 0.792 bits per heavy atom. The number of hydrogen-bond donors (Lipinski definition) is 0. The van der Waals surface area contributed by atoms with Crippen molar-refractivity contribution < 1.29 is 14.2 Å². The summed E-state index contributed by atoms with van der Waals surface area (Å²) in [5, 5.41) is 0. The summed E-state index contributed by atoms with van der Waals surface area (Å²) in [5.41, 5.74) is 0. The van der Waals surface area contributed by atoms with Crippen LogP contribution in [0.1, 0.15) is 91.4 Å². The fourth-order valence-electron chi connectivity index (χ4n) is 2.83. The van der Waals surface area contributed by atoms with Gasteiger partial charge in [0.05, 0.1) is 19.1 Å². The number of ether oxygens (including phenoxy) is 3. The Morgan fingerprint density at radius 2 is 1.29 bits per heavy atom. The molecule has 24 heavy (non-hydrogen) atoms. The lowest BCUT2D eigenvalue weighted by molar-refractivity contribution is -0.391. The minimum atomic E-state index is -0.963. The summed E-state index contributed by atoms with van der Waals surface area (Å²) >= 11 is 0. The molecule has 1 atom stereocenters. The molecule has 1 unspecified atom stereocenters. The van der Waals surface area contributed by atoms with E-state index in [1.54, 1.807) is 7.11 Å². The second-order valence-corrected chi connectivity index (χ2v) is 6.61.